The number of amidine groups is 1. The van der Waals surface area contributed by atoms with Gasteiger partial charge >= 0.3 is 6.03 Å². The lowest BCUT2D eigenvalue weighted by atomic mass is 10.0. The Morgan fingerprint density at radius 1 is 0.946 bits per heavy atom. The van der Waals surface area contributed by atoms with E-state index in [1.807, 2.05) is 41.3 Å². The zero-order chi connectivity index (χ0) is 26.4. The van der Waals surface area contributed by atoms with Crippen LogP contribution < -0.4 is 21.1 Å². The Hall–Kier alpha value is -3.69. The van der Waals surface area contributed by atoms with Gasteiger partial charge in [-0.1, -0.05) is 80.3 Å². The summed E-state index contributed by atoms with van der Waals surface area (Å²) >= 11 is 0. The highest BCUT2D eigenvalue weighted by Gasteiger charge is 2.26. The van der Waals surface area contributed by atoms with E-state index in [2.05, 4.69) is 5.32 Å². The lowest BCUT2D eigenvalue weighted by Gasteiger charge is -2.32. The molecule has 3 aromatic rings. The van der Waals surface area contributed by atoms with Gasteiger partial charge in [-0.3, -0.25) is 10.3 Å². The van der Waals surface area contributed by atoms with Gasteiger partial charge in [0.15, 0.2) is 0 Å². The second-order valence-corrected chi connectivity index (χ2v) is 10.9. The number of carbonyl (C=O) groups excluding carboxylic acids is 1. The molecule has 0 heterocycles. The number of amides is 2. The molecule has 37 heavy (non-hydrogen) atoms. The Bertz CT molecular complexity index is 1360. The fraction of sp³-hybridized carbons (Fsp3) is 0.286. The number of urea groups is 1. The van der Waals surface area contributed by atoms with E-state index in [0.717, 1.165) is 42.5 Å². The molecule has 0 atom stereocenters. The van der Waals surface area contributed by atoms with Gasteiger partial charge in [-0.25, -0.2) is 18.4 Å². The lowest BCUT2D eigenvalue weighted by molar-refractivity contribution is 0.242. The summed E-state index contributed by atoms with van der Waals surface area (Å²) in [5.74, 6) is -0.0350. The van der Waals surface area contributed by atoms with E-state index in [1.54, 1.807) is 30.3 Å². The number of nitrogen functional groups attached to an aromatic ring is 1. The summed E-state index contributed by atoms with van der Waals surface area (Å²) < 4.78 is 23.9. The van der Waals surface area contributed by atoms with Crippen molar-refractivity contribution in [3.63, 3.8) is 0 Å². The van der Waals surface area contributed by atoms with Crippen LogP contribution in [0.4, 0.5) is 10.5 Å². The number of hydrogen-bond acceptors (Lipinski definition) is 4. The molecule has 9 heteroatoms. The van der Waals surface area contributed by atoms with Gasteiger partial charge in [0, 0.05) is 29.4 Å². The van der Waals surface area contributed by atoms with Crippen molar-refractivity contribution in [1.29, 1.82) is 5.41 Å². The van der Waals surface area contributed by atoms with Crippen molar-refractivity contribution in [3.05, 3.63) is 83.9 Å². The van der Waals surface area contributed by atoms with Crippen molar-refractivity contribution in [1.82, 2.24) is 5.32 Å². The van der Waals surface area contributed by atoms with Crippen LogP contribution in [0.2, 0.25) is 0 Å². The zero-order valence-electron chi connectivity index (χ0n) is 20.7. The molecule has 4 rings (SSSR count). The molecule has 3 aromatic carbocycles. The standard InChI is InChI=1S/C28H33N5O3S/c29-27(30)22-8-7-11-24(18-22)33(23-9-3-1-2-4-10-23)28(34)32-19-20-14-16-21(17-15-20)25-12-5-6-13-26(25)37(31,35)36/h5-8,11-18,23H,1-4,9-10,19H2,(H3,29,30)(H,32,34)(H2,31,35,36). The number of primary sulfonamides is 1. The van der Waals surface area contributed by atoms with Crippen molar-refractivity contribution < 1.29 is 13.2 Å². The molecule has 1 fully saturated rings. The Labute approximate surface area is 218 Å². The first kappa shape index (κ1) is 26.4. The number of nitrogens with zero attached hydrogens (tertiary/aromatic N) is 1. The Morgan fingerprint density at radius 2 is 1.62 bits per heavy atom. The van der Waals surface area contributed by atoms with Gasteiger partial charge in [0.1, 0.15) is 5.84 Å². The van der Waals surface area contributed by atoms with Crippen molar-refractivity contribution in [2.75, 3.05) is 4.90 Å². The molecule has 0 bridgehead atoms. The predicted octanol–water partition coefficient (Wildman–Crippen LogP) is 4.72. The van der Waals surface area contributed by atoms with Crippen LogP contribution in [0.25, 0.3) is 11.1 Å². The molecule has 1 aliphatic rings. The van der Waals surface area contributed by atoms with Crippen LogP contribution >= 0.6 is 0 Å². The maximum atomic E-state index is 13.5. The minimum absolute atomic E-state index is 0.0350. The van der Waals surface area contributed by atoms with E-state index in [-0.39, 0.29) is 22.8 Å². The van der Waals surface area contributed by atoms with E-state index in [4.69, 9.17) is 16.3 Å². The summed E-state index contributed by atoms with van der Waals surface area (Å²) in [4.78, 5) is 15.4. The van der Waals surface area contributed by atoms with E-state index in [1.165, 1.54) is 18.9 Å². The maximum absolute atomic E-state index is 13.5. The summed E-state index contributed by atoms with van der Waals surface area (Å²) in [6, 6.07) is 21.1. The van der Waals surface area contributed by atoms with Crippen LogP contribution in [0, 0.1) is 5.41 Å². The van der Waals surface area contributed by atoms with Crippen LogP contribution in [0.1, 0.15) is 49.7 Å². The first-order valence-corrected chi connectivity index (χ1v) is 14.0. The minimum Gasteiger partial charge on any atom is -0.384 e. The smallest absolute Gasteiger partial charge is 0.322 e. The van der Waals surface area contributed by atoms with E-state index in [0.29, 0.717) is 17.7 Å². The fourth-order valence-electron chi connectivity index (χ4n) is 4.85. The second-order valence-electron chi connectivity index (χ2n) is 9.38. The quantitative estimate of drug-likeness (QED) is 0.203. The molecule has 8 nitrogen and oxygen atoms in total. The molecule has 0 unspecified atom stereocenters. The molecule has 6 N–H and O–H groups in total. The van der Waals surface area contributed by atoms with Crippen LogP contribution in [-0.2, 0) is 16.6 Å². The van der Waals surface area contributed by atoms with Crippen molar-refractivity contribution >= 4 is 27.6 Å². The predicted molar refractivity (Wildman–Crippen MR) is 147 cm³/mol. The number of nitrogens with two attached hydrogens (primary N) is 2. The van der Waals surface area contributed by atoms with Gasteiger partial charge in [0.05, 0.1) is 4.90 Å². The largest absolute Gasteiger partial charge is 0.384 e. The van der Waals surface area contributed by atoms with E-state index in [9.17, 15) is 13.2 Å². The zero-order valence-corrected chi connectivity index (χ0v) is 21.5. The highest BCUT2D eigenvalue weighted by molar-refractivity contribution is 7.89. The maximum Gasteiger partial charge on any atom is 0.322 e. The third kappa shape index (κ3) is 6.55. The van der Waals surface area contributed by atoms with E-state index >= 15 is 0 Å². The molecule has 194 valence electrons. The van der Waals surface area contributed by atoms with Gasteiger partial charge < -0.3 is 11.1 Å². The van der Waals surface area contributed by atoms with Gasteiger partial charge in [-0.05, 0) is 42.2 Å². The van der Waals surface area contributed by atoms with Gasteiger partial charge in [-0.15, -0.1) is 0 Å². The summed E-state index contributed by atoms with van der Waals surface area (Å²) in [6.45, 7) is 0.311. The normalized spacial score (nSPS) is 14.5. The molecule has 1 saturated carbocycles. The third-order valence-corrected chi connectivity index (χ3v) is 7.72. The topological polar surface area (TPSA) is 142 Å². The fourth-order valence-corrected chi connectivity index (χ4v) is 5.61. The third-order valence-electron chi connectivity index (χ3n) is 6.75. The number of hydrogen-bond donors (Lipinski definition) is 4. The number of benzene rings is 3. The van der Waals surface area contributed by atoms with Crippen LogP contribution in [0.15, 0.2) is 77.7 Å². The molecular formula is C28H33N5O3S. The SMILES string of the molecule is N=C(N)c1cccc(N(C(=O)NCc2ccc(-c3ccccc3S(N)(=O)=O)cc2)C2CCCCCC2)c1. The monoisotopic (exact) mass is 519 g/mol. The number of nitrogens with one attached hydrogen (secondary N) is 2. The second kappa shape index (κ2) is 11.6. The summed E-state index contributed by atoms with van der Waals surface area (Å²) in [6.07, 6.45) is 6.33. The van der Waals surface area contributed by atoms with Crippen molar-refractivity contribution in [3.8, 4) is 11.1 Å². The molecule has 0 radical (unpaired) electrons. The molecule has 0 aliphatic heterocycles. The summed E-state index contributed by atoms with van der Waals surface area (Å²) in [7, 11) is -3.85. The molecule has 2 amide bonds. The molecule has 0 saturated heterocycles. The summed E-state index contributed by atoms with van der Waals surface area (Å²) in [5, 5.41) is 16.2. The Morgan fingerprint density at radius 3 is 2.27 bits per heavy atom. The minimum atomic E-state index is -3.85. The molecule has 1 aliphatic carbocycles. The highest BCUT2D eigenvalue weighted by Crippen LogP contribution is 2.29. The molecule has 0 aromatic heterocycles. The summed E-state index contributed by atoms with van der Waals surface area (Å²) in [5.41, 5.74) is 9.15. The van der Waals surface area contributed by atoms with Gasteiger partial charge in [-0.2, -0.15) is 0 Å². The van der Waals surface area contributed by atoms with Crippen LogP contribution in [0.3, 0.4) is 0 Å². The molecule has 0 spiro atoms. The molecular weight excluding hydrogens is 486 g/mol. The Kier molecular flexibility index (Phi) is 8.25. The van der Waals surface area contributed by atoms with Gasteiger partial charge in [0.25, 0.3) is 0 Å². The number of anilines is 1. The number of rotatable bonds is 7. The lowest BCUT2D eigenvalue weighted by Crippen LogP contribution is -2.46. The van der Waals surface area contributed by atoms with Gasteiger partial charge in [0.2, 0.25) is 10.0 Å². The van der Waals surface area contributed by atoms with Crippen molar-refractivity contribution in [2.24, 2.45) is 10.9 Å². The number of carbonyl (C=O) groups is 1. The number of sulfonamides is 1. The van der Waals surface area contributed by atoms with E-state index < -0.39 is 10.0 Å². The Balaban J connectivity index is 1.53. The average Bonchev–Trinajstić information content (AvgIpc) is 3.17. The first-order chi connectivity index (χ1) is 17.7. The first-order valence-electron chi connectivity index (χ1n) is 12.5. The van der Waals surface area contributed by atoms with Crippen LogP contribution in [-0.4, -0.2) is 26.3 Å². The van der Waals surface area contributed by atoms with Crippen LogP contribution in [0.5, 0.6) is 0 Å². The highest BCUT2D eigenvalue weighted by atomic mass is 32.2. The van der Waals surface area contributed by atoms with Crippen molar-refractivity contribution in [2.45, 2.75) is 56.0 Å². The average molecular weight is 520 g/mol.